The number of hydrogen-bond donors (Lipinski definition) is 0. The number of hydrogen-bond acceptors (Lipinski definition) is 4. The lowest BCUT2D eigenvalue weighted by Gasteiger charge is -2.40. The molecule has 1 atom stereocenters. The van der Waals surface area contributed by atoms with Gasteiger partial charge in [0, 0.05) is 32.2 Å². The van der Waals surface area contributed by atoms with Crippen LogP contribution in [0.2, 0.25) is 6.04 Å². The van der Waals surface area contributed by atoms with Crippen LogP contribution in [-0.4, -0.2) is 77.1 Å². The lowest BCUT2D eigenvalue weighted by molar-refractivity contribution is -0.398. The van der Waals surface area contributed by atoms with E-state index >= 15 is 0 Å². The predicted octanol–water partition coefficient (Wildman–Crippen LogP) is 4.58. The van der Waals surface area contributed by atoms with Gasteiger partial charge in [0.1, 0.15) is 0 Å². The van der Waals surface area contributed by atoms with Crippen molar-refractivity contribution >= 4 is 8.80 Å². The van der Waals surface area contributed by atoms with Crippen LogP contribution in [0.4, 0.5) is 39.5 Å². The van der Waals surface area contributed by atoms with Crippen molar-refractivity contribution in [2.45, 2.75) is 62.8 Å². The number of nitrogens with zero attached hydrogens (tertiary/aromatic N) is 1. The molecule has 1 aliphatic heterocycles. The highest BCUT2D eigenvalue weighted by Crippen LogP contribution is 2.54. The van der Waals surface area contributed by atoms with Gasteiger partial charge in [-0.05, 0) is 33.9 Å². The quantitative estimate of drug-likeness (QED) is 0.388. The summed E-state index contributed by atoms with van der Waals surface area (Å²) in [6, 6.07) is 0.149. The maximum atomic E-state index is 14.1. The average molecular weight is 465 g/mol. The van der Waals surface area contributed by atoms with Crippen molar-refractivity contribution in [2.24, 2.45) is 0 Å². The first kappa shape index (κ1) is 26.5. The van der Waals surface area contributed by atoms with Gasteiger partial charge in [-0.1, -0.05) is 0 Å². The fourth-order valence-electron chi connectivity index (χ4n) is 2.98. The maximum absolute atomic E-state index is 14.1. The third kappa shape index (κ3) is 5.77. The van der Waals surface area contributed by atoms with Crippen molar-refractivity contribution in [1.29, 1.82) is 0 Å². The number of alkyl halides is 9. The molecule has 1 unspecified atom stereocenters. The SMILES string of the molecule is CCO[Si]1(OCC)CCCN(C)CC(CC(F)(F)C(F)(F)C(F)(F)C(F)(F)F)O1. The highest BCUT2D eigenvalue weighted by molar-refractivity contribution is 6.60. The first-order valence-electron chi connectivity index (χ1n) is 8.89. The van der Waals surface area contributed by atoms with Gasteiger partial charge in [-0.25, -0.2) is 0 Å². The highest BCUT2D eigenvalue weighted by Gasteiger charge is 2.81. The molecule has 29 heavy (non-hydrogen) atoms. The summed E-state index contributed by atoms with van der Waals surface area (Å²) in [6.45, 7) is 3.13. The minimum absolute atomic E-state index is 0.0491. The van der Waals surface area contributed by atoms with Gasteiger partial charge < -0.3 is 18.2 Å². The van der Waals surface area contributed by atoms with E-state index in [1.165, 1.54) is 11.9 Å². The fourth-order valence-corrected chi connectivity index (χ4v) is 5.74. The summed E-state index contributed by atoms with van der Waals surface area (Å²) in [5.74, 6) is -19.3. The van der Waals surface area contributed by atoms with Crippen LogP contribution in [0.1, 0.15) is 26.7 Å². The minimum atomic E-state index is -6.93. The smallest absolute Gasteiger partial charge is 0.374 e. The molecule has 14 heteroatoms. The first-order valence-corrected chi connectivity index (χ1v) is 10.8. The zero-order chi connectivity index (χ0) is 22.7. The lowest BCUT2D eigenvalue weighted by Crippen LogP contribution is -2.62. The highest BCUT2D eigenvalue weighted by atomic mass is 28.4. The topological polar surface area (TPSA) is 30.9 Å². The molecule has 1 saturated heterocycles. The summed E-state index contributed by atoms with van der Waals surface area (Å²) in [7, 11) is -2.16. The summed E-state index contributed by atoms with van der Waals surface area (Å²) in [4.78, 5) is 1.43. The Labute approximate surface area is 163 Å². The molecule has 0 spiro atoms. The van der Waals surface area contributed by atoms with Gasteiger partial charge in [-0.2, -0.15) is 39.5 Å². The fraction of sp³-hybridized carbons (Fsp3) is 1.00. The largest absolute Gasteiger partial charge is 0.501 e. The van der Waals surface area contributed by atoms with Crippen LogP contribution in [0.15, 0.2) is 0 Å². The van der Waals surface area contributed by atoms with Gasteiger partial charge in [-0.3, -0.25) is 0 Å². The van der Waals surface area contributed by atoms with Gasteiger partial charge in [0.15, 0.2) is 0 Å². The molecule has 4 nitrogen and oxygen atoms in total. The van der Waals surface area contributed by atoms with E-state index in [0.29, 0.717) is 13.0 Å². The van der Waals surface area contributed by atoms with Gasteiger partial charge >= 0.3 is 32.7 Å². The first-order chi connectivity index (χ1) is 13.1. The van der Waals surface area contributed by atoms with Crippen molar-refractivity contribution in [3.05, 3.63) is 0 Å². The summed E-state index contributed by atoms with van der Waals surface area (Å²) in [6.07, 6.45) is -10.3. The van der Waals surface area contributed by atoms with E-state index in [-0.39, 0.29) is 19.3 Å². The molecule has 1 rings (SSSR count). The van der Waals surface area contributed by atoms with Crippen molar-refractivity contribution in [2.75, 3.05) is 33.4 Å². The average Bonchev–Trinajstić information content (AvgIpc) is 2.52. The Hall–Kier alpha value is -0.573. The van der Waals surface area contributed by atoms with Gasteiger partial charge in [-0.15, -0.1) is 0 Å². The Balaban J connectivity index is 3.19. The molecule has 1 aliphatic rings. The molecule has 0 radical (unpaired) electrons. The van der Waals surface area contributed by atoms with E-state index in [2.05, 4.69) is 0 Å². The Morgan fingerprint density at radius 3 is 1.90 bits per heavy atom. The second-order valence-electron chi connectivity index (χ2n) is 6.71. The molecule has 0 aliphatic carbocycles. The number of likely N-dealkylation sites (N-methyl/N-ethyl adjacent to an activating group) is 1. The van der Waals surface area contributed by atoms with Crippen LogP contribution < -0.4 is 0 Å². The monoisotopic (exact) mass is 465 g/mol. The van der Waals surface area contributed by atoms with E-state index in [1.807, 2.05) is 0 Å². The second-order valence-corrected chi connectivity index (χ2v) is 9.39. The molecule has 1 fully saturated rings. The van der Waals surface area contributed by atoms with Crippen LogP contribution in [-0.2, 0) is 13.3 Å². The zero-order valence-corrected chi connectivity index (χ0v) is 17.1. The van der Waals surface area contributed by atoms with Crippen molar-refractivity contribution in [3.8, 4) is 0 Å². The third-order valence-electron chi connectivity index (χ3n) is 4.31. The van der Waals surface area contributed by atoms with Crippen LogP contribution in [0, 0.1) is 0 Å². The Kier molecular flexibility index (Phi) is 8.47. The molecule has 0 saturated carbocycles. The summed E-state index contributed by atoms with van der Waals surface area (Å²) < 4.78 is 135. The molecule has 0 bridgehead atoms. The van der Waals surface area contributed by atoms with E-state index in [9.17, 15) is 39.5 Å². The summed E-state index contributed by atoms with van der Waals surface area (Å²) >= 11 is 0. The molecule has 0 aromatic carbocycles. The van der Waals surface area contributed by atoms with Gasteiger partial charge in [0.25, 0.3) is 0 Å². The maximum Gasteiger partial charge on any atom is 0.501 e. The Morgan fingerprint density at radius 2 is 1.45 bits per heavy atom. The van der Waals surface area contributed by atoms with E-state index in [4.69, 9.17) is 13.3 Å². The molecule has 0 N–H and O–H groups in total. The zero-order valence-electron chi connectivity index (χ0n) is 16.1. The molecule has 1 heterocycles. The Morgan fingerprint density at radius 1 is 0.931 bits per heavy atom. The van der Waals surface area contributed by atoms with Crippen LogP contribution in [0.3, 0.4) is 0 Å². The van der Waals surface area contributed by atoms with E-state index in [1.54, 1.807) is 13.8 Å². The van der Waals surface area contributed by atoms with Crippen LogP contribution in [0.25, 0.3) is 0 Å². The minimum Gasteiger partial charge on any atom is -0.374 e. The van der Waals surface area contributed by atoms with Crippen LogP contribution in [0.5, 0.6) is 0 Å². The second kappa shape index (κ2) is 9.28. The van der Waals surface area contributed by atoms with Crippen molar-refractivity contribution in [3.63, 3.8) is 0 Å². The molecular formula is C15H24F9NO3Si. The molecular weight excluding hydrogens is 441 g/mol. The molecule has 174 valence electrons. The Bertz CT molecular complexity index is 528. The van der Waals surface area contributed by atoms with Crippen LogP contribution >= 0.6 is 0 Å². The van der Waals surface area contributed by atoms with E-state index < -0.39 is 51.8 Å². The lowest BCUT2D eigenvalue weighted by atomic mass is 9.98. The van der Waals surface area contributed by atoms with Crippen molar-refractivity contribution in [1.82, 2.24) is 4.90 Å². The van der Waals surface area contributed by atoms with Crippen molar-refractivity contribution < 1.29 is 52.8 Å². The van der Waals surface area contributed by atoms with E-state index in [0.717, 1.165) is 0 Å². The standard InChI is InChI=1S/C15H24F9NO3Si/c1-4-26-29(27-5-2)8-6-7-25(3)10-11(28-29)9-12(16,17)13(18,19)14(20,21)15(22,23)24/h11H,4-10H2,1-3H3. The summed E-state index contributed by atoms with van der Waals surface area (Å²) in [5.41, 5.74) is 0. The molecule has 0 amide bonds. The predicted molar refractivity (Wildman–Crippen MR) is 86.3 cm³/mol. The molecule has 0 aromatic heterocycles. The van der Waals surface area contributed by atoms with Gasteiger partial charge in [0.05, 0.1) is 6.10 Å². The number of halogens is 9. The normalized spacial score (nSPS) is 23.0. The third-order valence-corrected chi connectivity index (χ3v) is 7.42. The molecule has 0 aromatic rings. The summed E-state index contributed by atoms with van der Waals surface area (Å²) in [5, 5.41) is 0. The number of rotatable bonds is 8. The van der Waals surface area contributed by atoms with Gasteiger partial charge in [0.2, 0.25) is 0 Å².